The number of aryl methyl sites for hydroxylation is 2. The molecule has 0 radical (unpaired) electrons. The third-order valence-corrected chi connectivity index (χ3v) is 7.39. The Kier molecular flexibility index (Phi) is 5.24. The fourth-order valence-corrected chi connectivity index (χ4v) is 5.73. The number of aromatic amines is 1. The quantitative estimate of drug-likeness (QED) is 0.571. The Morgan fingerprint density at radius 2 is 1.93 bits per heavy atom. The number of carbonyl (C=O) groups excluding carboxylic acids is 1. The number of carbonyl (C=O) groups is 1. The van der Waals surface area contributed by atoms with Crippen molar-refractivity contribution in [2.45, 2.75) is 44.0 Å². The lowest BCUT2D eigenvalue weighted by Crippen LogP contribution is -2.26. The molecule has 0 unspecified atom stereocenters. The summed E-state index contributed by atoms with van der Waals surface area (Å²) >= 11 is 1.52. The van der Waals surface area contributed by atoms with Crippen molar-refractivity contribution in [3.8, 4) is 0 Å². The second-order valence-corrected chi connectivity index (χ2v) is 9.78. The summed E-state index contributed by atoms with van der Waals surface area (Å²) in [7, 11) is -3.79. The Morgan fingerprint density at radius 1 is 1.21 bits per heavy atom. The average Bonchev–Trinajstić information content (AvgIpc) is 3.05. The van der Waals surface area contributed by atoms with Crippen molar-refractivity contribution in [1.82, 2.24) is 14.7 Å². The van der Waals surface area contributed by atoms with Gasteiger partial charge < -0.3 is 10.3 Å². The summed E-state index contributed by atoms with van der Waals surface area (Å²) in [6.07, 6.45) is 4.04. The summed E-state index contributed by atoms with van der Waals surface area (Å²) in [4.78, 5) is 32.7. The molecule has 0 atom stereocenters. The molecule has 1 aromatic carbocycles. The van der Waals surface area contributed by atoms with E-state index in [0.717, 1.165) is 31.2 Å². The summed E-state index contributed by atoms with van der Waals surface area (Å²) < 4.78 is 27.5. The Bertz CT molecular complexity index is 1240. The number of aromatic nitrogens is 2. The molecule has 0 saturated carbocycles. The number of hydrogen-bond donors (Lipinski definition) is 3. The van der Waals surface area contributed by atoms with E-state index in [2.05, 4.69) is 20.0 Å². The SMILES string of the molecule is CC(=O)Nc1ccc(S(=O)(=O)NCc2nc3sc4c(c3c(=O)[nH]2)CCCC4)cc1. The van der Waals surface area contributed by atoms with E-state index in [-0.39, 0.29) is 28.7 Å². The van der Waals surface area contributed by atoms with Gasteiger partial charge in [0.2, 0.25) is 15.9 Å². The normalized spacial score (nSPS) is 14.0. The van der Waals surface area contributed by atoms with E-state index in [9.17, 15) is 18.0 Å². The van der Waals surface area contributed by atoms with Gasteiger partial charge in [-0.15, -0.1) is 11.3 Å². The number of thiophene rings is 1. The summed E-state index contributed by atoms with van der Waals surface area (Å²) in [6, 6.07) is 5.83. The molecule has 1 aliphatic rings. The first kappa shape index (κ1) is 19.7. The summed E-state index contributed by atoms with van der Waals surface area (Å²) in [5.41, 5.74) is 1.38. The molecule has 0 aliphatic heterocycles. The molecule has 152 valence electrons. The van der Waals surface area contributed by atoms with Gasteiger partial charge >= 0.3 is 0 Å². The Morgan fingerprint density at radius 3 is 2.66 bits per heavy atom. The van der Waals surface area contributed by atoms with E-state index in [0.29, 0.717) is 15.9 Å². The Balaban J connectivity index is 1.54. The minimum Gasteiger partial charge on any atom is -0.326 e. The molecule has 0 saturated heterocycles. The molecule has 2 heterocycles. The van der Waals surface area contributed by atoms with Crippen LogP contribution in [0.5, 0.6) is 0 Å². The molecule has 3 N–H and O–H groups in total. The standard InChI is InChI=1S/C19H20N4O4S2/c1-11(24)21-12-6-8-13(9-7-12)29(26,27)20-10-16-22-18(25)17-14-4-2-3-5-15(14)28-19(17)23-16/h6-9,20H,2-5,10H2,1H3,(H,21,24)(H,22,23,25). The highest BCUT2D eigenvalue weighted by Gasteiger charge is 2.20. The Labute approximate surface area is 171 Å². The molecule has 1 amide bonds. The van der Waals surface area contributed by atoms with Crippen LogP contribution in [-0.2, 0) is 34.2 Å². The molecule has 0 bridgehead atoms. The topological polar surface area (TPSA) is 121 Å². The van der Waals surface area contributed by atoms with Gasteiger partial charge in [-0.2, -0.15) is 0 Å². The van der Waals surface area contributed by atoms with Gasteiger partial charge in [0.05, 0.1) is 16.8 Å². The zero-order chi connectivity index (χ0) is 20.6. The van der Waals surface area contributed by atoms with Crippen LogP contribution in [0.25, 0.3) is 10.2 Å². The second-order valence-electron chi connectivity index (χ2n) is 6.93. The van der Waals surface area contributed by atoms with Crippen molar-refractivity contribution in [3.63, 3.8) is 0 Å². The first-order valence-corrected chi connectivity index (χ1v) is 11.5. The lowest BCUT2D eigenvalue weighted by atomic mass is 9.97. The van der Waals surface area contributed by atoms with Crippen LogP contribution in [0.15, 0.2) is 34.0 Å². The minimum atomic E-state index is -3.79. The molecule has 0 spiro atoms. The van der Waals surface area contributed by atoms with Gasteiger partial charge in [-0.25, -0.2) is 18.1 Å². The zero-order valence-corrected chi connectivity index (χ0v) is 17.4. The van der Waals surface area contributed by atoms with E-state index in [1.165, 1.54) is 47.4 Å². The van der Waals surface area contributed by atoms with Crippen LogP contribution in [0, 0.1) is 0 Å². The Hall–Kier alpha value is -2.56. The number of benzene rings is 1. The summed E-state index contributed by atoms with van der Waals surface area (Å²) in [6.45, 7) is 1.25. The van der Waals surface area contributed by atoms with Crippen molar-refractivity contribution in [3.05, 3.63) is 50.9 Å². The molecule has 8 nitrogen and oxygen atoms in total. The van der Waals surface area contributed by atoms with Gasteiger partial charge in [0.15, 0.2) is 0 Å². The van der Waals surface area contributed by atoms with Crippen LogP contribution in [0.4, 0.5) is 5.69 Å². The minimum absolute atomic E-state index is 0.0571. The maximum Gasteiger partial charge on any atom is 0.259 e. The summed E-state index contributed by atoms with van der Waals surface area (Å²) in [5, 5.41) is 3.23. The highest BCUT2D eigenvalue weighted by Crippen LogP contribution is 2.33. The van der Waals surface area contributed by atoms with Gasteiger partial charge in [0.25, 0.3) is 5.56 Å². The molecule has 3 aromatic rings. The van der Waals surface area contributed by atoms with E-state index < -0.39 is 10.0 Å². The predicted molar refractivity (Wildman–Crippen MR) is 112 cm³/mol. The fraction of sp³-hybridized carbons (Fsp3) is 0.316. The van der Waals surface area contributed by atoms with E-state index in [4.69, 9.17) is 0 Å². The largest absolute Gasteiger partial charge is 0.326 e. The highest BCUT2D eigenvalue weighted by atomic mass is 32.2. The second kappa shape index (κ2) is 7.69. The number of fused-ring (bicyclic) bond motifs is 3. The first-order chi connectivity index (χ1) is 13.8. The van der Waals surface area contributed by atoms with Crippen LogP contribution in [0.1, 0.15) is 36.0 Å². The molecule has 2 aromatic heterocycles. The molecule has 10 heteroatoms. The average molecular weight is 433 g/mol. The lowest BCUT2D eigenvalue weighted by molar-refractivity contribution is -0.114. The van der Waals surface area contributed by atoms with Crippen LogP contribution in [0.2, 0.25) is 0 Å². The molecule has 0 fully saturated rings. The van der Waals surface area contributed by atoms with Gasteiger partial charge in [0, 0.05) is 17.5 Å². The fourth-order valence-electron chi connectivity index (χ4n) is 3.46. The number of nitrogens with zero attached hydrogens (tertiary/aromatic N) is 1. The number of amides is 1. The molecular weight excluding hydrogens is 412 g/mol. The van der Waals surface area contributed by atoms with E-state index >= 15 is 0 Å². The molecule has 1 aliphatic carbocycles. The number of nitrogens with one attached hydrogen (secondary N) is 3. The molecule has 4 rings (SSSR count). The highest BCUT2D eigenvalue weighted by molar-refractivity contribution is 7.89. The third kappa shape index (κ3) is 4.09. The smallest absolute Gasteiger partial charge is 0.259 e. The number of rotatable bonds is 5. The van der Waals surface area contributed by atoms with Gasteiger partial charge in [-0.3, -0.25) is 9.59 Å². The molecule has 29 heavy (non-hydrogen) atoms. The monoisotopic (exact) mass is 432 g/mol. The van der Waals surface area contributed by atoms with E-state index in [1.807, 2.05) is 0 Å². The number of H-pyrrole nitrogens is 1. The van der Waals surface area contributed by atoms with Gasteiger partial charge in [0.1, 0.15) is 10.7 Å². The number of sulfonamides is 1. The van der Waals surface area contributed by atoms with E-state index in [1.54, 1.807) is 0 Å². The van der Waals surface area contributed by atoms with Crippen LogP contribution >= 0.6 is 11.3 Å². The van der Waals surface area contributed by atoms with Crippen molar-refractivity contribution in [2.24, 2.45) is 0 Å². The first-order valence-electron chi connectivity index (χ1n) is 9.24. The van der Waals surface area contributed by atoms with Crippen molar-refractivity contribution in [2.75, 3.05) is 5.32 Å². The zero-order valence-electron chi connectivity index (χ0n) is 15.7. The lowest BCUT2D eigenvalue weighted by Gasteiger charge is -2.09. The van der Waals surface area contributed by atoms with Crippen LogP contribution in [-0.4, -0.2) is 24.3 Å². The van der Waals surface area contributed by atoms with Crippen LogP contribution < -0.4 is 15.6 Å². The van der Waals surface area contributed by atoms with Crippen LogP contribution in [0.3, 0.4) is 0 Å². The summed E-state index contributed by atoms with van der Waals surface area (Å²) in [5.74, 6) is 0.0407. The van der Waals surface area contributed by atoms with Crippen molar-refractivity contribution in [1.29, 1.82) is 0 Å². The maximum absolute atomic E-state index is 12.6. The van der Waals surface area contributed by atoms with Gasteiger partial charge in [-0.05, 0) is 55.5 Å². The number of anilines is 1. The van der Waals surface area contributed by atoms with Crippen molar-refractivity contribution >= 4 is 43.2 Å². The van der Waals surface area contributed by atoms with Crippen molar-refractivity contribution < 1.29 is 13.2 Å². The predicted octanol–water partition coefficient (Wildman–Crippen LogP) is 2.30. The third-order valence-electron chi connectivity index (χ3n) is 4.79. The number of hydrogen-bond acceptors (Lipinski definition) is 6. The maximum atomic E-state index is 12.6. The van der Waals surface area contributed by atoms with Gasteiger partial charge in [-0.1, -0.05) is 0 Å². The molecular formula is C19H20N4O4S2.